The third-order valence-corrected chi connectivity index (χ3v) is 3.15. The van der Waals surface area contributed by atoms with Crippen LogP contribution in [0.15, 0.2) is 36.8 Å². The number of carbonyl (C=O) groups is 1. The molecule has 0 aliphatic carbocycles. The van der Waals surface area contributed by atoms with Gasteiger partial charge >= 0.3 is 0 Å². The van der Waals surface area contributed by atoms with Crippen molar-refractivity contribution < 1.29 is 4.79 Å². The summed E-state index contributed by atoms with van der Waals surface area (Å²) in [6.07, 6.45) is 4.96. The maximum absolute atomic E-state index is 11.9. The van der Waals surface area contributed by atoms with Gasteiger partial charge in [0.2, 0.25) is 0 Å². The van der Waals surface area contributed by atoms with E-state index in [-0.39, 0.29) is 16.6 Å². The number of amides is 1. The fraction of sp³-hybridized carbons (Fsp3) is 0.0833. The summed E-state index contributed by atoms with van der Waals surface area (Å²) in [5.41, 5.74) is 1.18. The van der Waals surface area contributed by atoms with Crippen LogP contribution < -0.4 is 5.32 Å². The quantitative estimate of drug-likeness (QED) is 0.850. The Hall–Kier alpha value is -1.72. The molecule has 0 saturated heterocycles. The second kappa shape index (κ2) is 5.75. The van der Waals surface area contributed by atoms with E-state index in [9.17, 15) is 4.79 Å². The molecule has 0 aliphatic heterocycles. The highest BCUT2D eigenvalue weighted by Crippen LogP contribution is 2.14. The molecular formula is C12H10ClN3OS. The van der Waals surface area contributed by atoms with Crippen LogP contribution in [0.25, 0.3) is 0 Å². The molecule has 18 heavy (non-hydrogen) atoms. The Balaban J connectivity index is 2.09. The molecule has 0 aromatic carbocycles. The first-order chi connectivity index (χ1) is 8.68. The Morgan fingerprint density at radius 2 is 2.33 bits per heavy atom. The predicted molar refractivity (Wildman–Crippen MR) is 72.0 cm³/mol. The second-order valence-electron chi connectivity index (χ2n) is 3.57. The van der Waals surface area contributed by atoms with Gasteiger partial charge in [0.05, 0.1) is 9.53 Å². The smallest absolute Gasteiger partial charge is 0.269 e. The lowest BCUT2D eigenvalue weighted by molar-refractivity contribution is 0.0946. The number of hydrogen-bond acceptors (Lipinski definition) is 3. The van der Waals surface area contributed by atoms with E-state index in [0.29, 0.717) is 11.1 Å². The number of H-pyrrole nitrogens is 1. The summed E-state index contributed by atoms with van der Waals surface area (Å²) in [6.45, 7) is 0.387. The number of nitrogens with one attached hydrogen (secondary N) is 2. The van der Waals surface area contributed by atoms with Crippen molar-refractivity contribution in [3.05, 3.63) is 57.6 Å². The van der Waals surface area contributed by atoms with Crippen molar-refractivity contribution in [3.63, 3.8) is 0 Å². The molecule has 0 aliphatic rings. The van der Waals surface area contributed by atoms with Crippen LogP contribution in [0.2, 0.25) is 5.02 Å². The van der Waals surface area contributed by atoms with Crippen molar-refractivity contribution in [2.75, 3.05) is 0 Å². The Morgan fingerprint density at radius 3 is 3.06 bits per heavy atom. The van der Waals surface area contributed by atoms with Crippen molar-refractivity contribution in [1.82, 2.24) is 15.3 Å². The van der Waals surface area contributed by atoms with Gasteiger partial charge in [-0.25, -0.2) is 0 Å². The van der Waals surface area contributed by atoms with E-state index in [2.05, 4.69) is 15.3 Å². The second-order valence-corrected chi connectivity index (χ2v) is 4.39. The number of rotatable bonds is 3. The summed E-state index contributed by atoms with van der Waals surface area (Å²) in [5.74, 6) is -0.296. The predicted octanol–water partition coefficient (Wildman–Crippen LogP) is 2.72. The van der Waals surface area contributed by atoms with Gasteiger partial charge in [-0.2, -0.15) is 0 Å². The molecule has 2 aromatic heterocycles. The van der Waals surface area contributed by atoms with E-state index in [1.54, 1.807) is 24.7 Å². The van der Waals surface area contributed by atoms with Crippen LogP contribution in [0, 0.1) is 4.51 Å². The van der Waals surface area contributed by atoms with Crippen LogP contribution in [-0.4, -0.2) is 15.9 Å². The molecule has 0 radical (unpaired) electrons. The fourth-order valence-corrected chi connectivity index (χ4v) is 1.77. The first-order valence-electron chi connectivity index (χ1n) is 5.23. The molecule has 2 N–H and O–H groups in total. The highest BCUT2D eigenvalue weighted by Gasteiger charge is 2.11. The lowest BCUT2D eigenvalue weighted by Crippen LogP contribution is -2.24. The summed E-state index contributed by atoms with van der Waals surface area (Å²) >= 11 is 11.0. The van der Waals surface area contributed by atoms with Crippen molar-refractivity contribution in [2.24, 2.45) is 0 Å². The molecule has 1 amide bonds. The summed E-state index contributed by atoms with van der Waals surface area (Å²) in [7, 11) is 0. The first-order valence-corrected chi connectivity index (χ1v) is 6.01. The maximum atomic E-state index is 11.9. The van der Waals surface area contributed by atoms with Crippen molar-refractivity contribution in [3.8, 4) is 0 Å². The summed E-state index contributed by atoms with van der Waals surface area (Å²) < 4.78 is 0.446. The molecule has 0 spiro atoms. The number of pyridine rings is 2. The first kappa shape index (κ1) is 12.7. The minimum absolute atomic E-state index is 0.260. The molecule has 2 heterocycles. The number of halogens is 1. The van der Waals surface area contributed by atoms with Gasteiger partial charge < -0.3 is 10.3 Å². The molecule has 0 fully saturated rings. The molecule has 0 saturated carbocycles. The van der Waals surface area contributed by atoms with Gasteiger partial charge in [0.1, 0.15) is 5.69 Å². The normalized spacial score (nSPS) is 10.1. The van der Waals surface area contributed by atoms with Crippen LogP contribution in [0.4, 0.5) is 0 Å². The third kappa shape index (κ3) is 2.94. The fourth-order valence-electron chi connectivity index (χ4n) is 1.40. The average molecular weight is 280 g/mol. The number of hydrogen-bond donors (Lipinski definition) is 2. The molecule has 92 valence electrons. The largest absolute Gasteiger partial charge is 0.356 e. The van der Waals surface area contributed by atoms with Gasteiger partial charge in [0, 0.05) is 25.1 Å². The van der Waals surface area contributed by atoms with Crippen molar-refractivity contribution in [1.29, 1.82) is 0 Å². The molecule has 2 aromatic rings. The lowest BCUT2D eigenvalue weighted by Gasteiger charge is -2.06. The van der Waals surface area contributed by atoms with Crippen LogP contribution in [0.3, 0.4) is 0 Å². The van der Waals surface area contributed by atoms with E-state index < -0.39 is 0 Å². The minimum Gasteiger partial charge on any atom is -0.356 e. The SMILES string of the molecule is O=C(NCc1cccnc1)c1[nH]ccc(=S)c1Cl. The van der Waals surface area contributed by atoms with Gasteiger partial charge in [-0.1, -0.05) is 29.9 Å². The lowest BCUT2D eigenvalue weighted by atomic mass is 10.2. The highest BCUT2D eigenvalue weighted by atomic mass is 35.5. The van der Waals surface area contributed by atoms with Crippen LogP contribution in [0.1, 0.15) is 16.1 Å². The summed E-state index contributed by atoms with van der Waals surface area (Å²) in [4.78, 5) is 18.7. The zero-order valence-electron chi connectivity index (χ0n) is 9.31. The number of aromatic nitrogens is 2. The molecule has 2 rings (SSSR count). The zero-order chi connectivity index (χ0) is 13.0. The van der Waals surface area contributed by atoms with E-state index in [0.717, 1.165) is 5.56 Å². The van der Waals surface area contributed by atoms with E-state index in [4.69, 9.17) is 23.8 Å². The van der Waals surface area contributed by atoms with Gasteiger partial charge in [-0.05, 0) is 17.7 Å². The van der Waals surface area contributed by atoms with Crippen molar-refractivity contribution >= 4 is 29.7 Å². The monoisotopic (exact) mass is 279 g/mol. The Kier molecular flexibility index (Phi) is 4.07. The maximum Gasteiger partial charge on any atom is 0.269 e. The molecule has 0 bridgehead atoms. The highest BCUT2D eigenvalue weighted by molar-refractivity contribution is 7.71. The molecule has 0 unspecified atom stereocenters. The van der Waals surface area contributed by atoms with Crippen LogP contribution in [0.5, 0.6) is 0 Å². The Bertz CT molecular complexity index is 612. The van der Waals surface area contributed by atoms with E-state index in [1.807, 2.05) is 12.1 Å². The average Bonchev–Trinajstić information content (AvgIpc) is 2.40. The molecular weight excluding hydrogens is 270 g/mol. The minimum atomic E-state index is -0.296. The number of aromatic amines is 1. The van der Waals surface area contributed by atoms with E-state index in [1.165, 1.54) is 0 Å². The third-order valence-electron chi connectivity index (χ3n) is 2.30. The summed E-state index contributed by atoms with van der Waals surface area (Å²) in [6, 6.07) is 5.32. The zero-order valence-corrected chi connectivity index (χ0v) is 10.9. The van der Waals surface area contributed by atoms with Crippen LogP contribution in [-0.2, 0) is 6.54 Å². The number of nitrogens with zero attached hydrogens (tertiary/aromatic N) is 1. The topological polar surface area (TPSA) is 57.8 Å². The van der Waals surface area contributed by atoms with Gasteiger partial charge in [-0.3, -0.25) is 9.78 Å². The van der Waals surface area contributed by atoms with Gasteiger partial charge in [0.15, 0.2) is 0 Å². The Morgan fingerprint density at radius 1 is 1.50 bits per heavy atom. The van der Waals surface area contributed by atoms with Crippen molar-refractivity contribution in [2.45, 2.75) is 6.54 Å². The Labute approximate surface area is 114 Å². The number of carbonyl (C=O) groups excluding carboxylic acids is 1. The molecule has 6 heteroatoms. The van der Waals surface area contributed by atoms with Gasteiger partial charge in [-0.15, -0.1) is 0 Å². The summed E-state index contributed by atoms with van der Waals surface area (Å²) in [5, 5.41) is 3.00. The van der Waals surface area contributed by atoms with Crippen LogP contribution >= 0.6 is 23.8 Å². The molecule has 0 atom stereocenters. The standard InChI is InChI=1S/C12H10ClN3OS/c13-10-9(18)3-5-15-11(10)12(17)16-7-8-2-1-4-14-6-8/h1-6H,7H2,(H,15,18)(H,16,17). The van der Waals surface area contributed by atoms with E-state index >= 15 is 0 Å². The molecule has 4 nitrogen and oxygen atoms in total. The van der Waals surface area contributed by atoms with Gasteiger partial charge in [0.25, 0.3) is 5.91 Å².